The minimum absolute atomic E-state index is 0.0877. The zero-order valence-electron chi connectivity index (χ0n) is 15.4. The lowest BCUT2D eigenvalue weighted by molar-refractivity contribution is 0.0984. The lowest BCUT2D eigenvalue weighted by Crippen LogP contribution is -2.31. The first-order valence-electron chi connectivity index (χ1n) is 8.42. The van der Waals surface area contributed by atoms with Crippen LogP contribution in [-0.2, 0) is 16.6 Å². The van der Waals surface area contributed by atoms with Crippen LogP contribution < -0.4 is 4.90 Å². The Morgan fingerprint density at radius 2 is 1.68 bits per heavy atom. The van der Waals surface area contributed by atoms with Gasteiger partial charge in [-0.3, -0.25) is 4.79 Å². The molecule has 0 saturated carbocycles. The molecule has 1 heterocycles. The second kappa shape index (κ2) is 8.22. The minimum atomic E-state index is -3.59. The summed E-state index contributed by atoms with van der Waals surface area (Å²) in [5, 5.41) is 1.89. The van der Waals surface area contributed by atoms with Crippen molar-refractivity contribution >= 4 is 33.0 Å². The second-order valence-electron chi connectivity index (χ2n) is 6.23. The normalized spacial score (nSPS) is 11.6. The Bertz CT molecular complexity index is 1060. The summed E-state index contributed by atoms with van der Waals surface area (Å²) in [5.41, 5.74) is 0.448. The Morgan fingerprint density at radius 3 is 2.25 bits per heavy atom. The van der Waals surface area contributed by atoms with Crippen molar-refractivity contribution in [2.24, 2.45) is 0 Å². The van der Waals surface area contributed by atoms with Gasteiger partial charge in [-0.15, -0.1) is 11.3 Å². The molecule has 2 aromatic carbocycles. The number of nitrogens with zero attached hydrogens (tertiary/aromatic N) is 2. The van der Waals surface area contributed by atoms with E-state index < -0.39 is 21.7 Å². The Morgan fingerprint density at radius 1 is 1.00 bits per heavy atom. The maximum Gasteiger partial charge on any atom is 0.258 e. The van der Waals surface area contributed by atoms with E-state index in [1.165, 1.54) is 60.7 Å². The molecule has 3 rings (SSSR count). The third-order valence-electron chi connectivity index (χ3n) is 4.16. The molecule has 0 aliphatic rings. The summed E-state index contributed by atoms with van der Waals surface area (Å²) >= 11 is 1.47. The Kier molecular flexibility index (Phi) is 5.93. The average molecular weight is 419 g/mol. The van der Waals surface area contributed by atoms with E-state index >= 15 is 0 Å². The highest BCUT2D eigenvalue weighted by Gasteiger charge is 2.23. The van der Waals surface area contributed by atoms with E-state index in [4.69, 9.17) is 0 Å². The fourth-order valence-electron chi connectivity index (χ4n) is 2.63. The number of para-hydroxylation sites is 1. The van der Waals surface area contributed by atoms with Gasteiger partial charge in [0.25, 0.3) is 5.91 Å². The number of halogens is 1. The predicted molar refractivity (Wildman–Crippen MR) is 109 cm³/mol. The smallest absolute Gasteiger partial charge is 0.258 e. The van der Waals surface area contributed by atoms with Gasteiger partial charge in [0.15, 0.2) is 0 Å². The molecule has 0 radical (unpaired) electrons. The van der Waals surface area contributed by atoms with Crippen LogP contribution in [0, 0.1) is 5.82 Å². The van der Waals surface area contributed by atoms with E-state index in [0.717, 1.165) is 9.18 Å². The van der Waals surface area contributed by atoms with E-state index in [0.29, 0.717) is 0 Å². The molecule has 0 N–H and O–H groups in total. The maximum atomic E-state index is 14.4. The third kappa shape index (κ3) is 4.14. The van der Waals surface area contributed by atoms with Gasteiger partial charge in [-0.25, -0.2) is 17.1 Å². The Balaban J connectivity index is 1.96. The molecule has 0 saturated heterocycles. The molecule has 1 amide bonds. The predicted octanol–water partition coefficient (Wildman–Crippen LogP) is 3.98. The van der Waals surface area contributed by atoms with Crippen molar-refractivity contribution in [3.63, 3.8) is 0 Å². The molecule has 5 nitrogen and oxygen atoms in total. The van der Waals surface area contributed by atoms with E-state index in [2.05, 4.69) is 0 Å². The molecule has 3 aromatic rings. The first-order chi connectivity index (χ1) is 13.3. The van der Waals surface area contributed by atoms with Gasteiger partial charge in [0.05, 0.1) is 17.1 Å². The number of anilines is 1. The van der Waals surface area contributed by atoms with Gasteiger partial charge < -0.3 is 4.90 Å². The monoisotopic (exact) mass is 418 g/mol. The molecule has 0 unspecified atom stereocenters. The summed E-state index contributed by atoms with van der Waals surface area (Å²) in [7, 11) is -0.710. The molecule has 0 fully saturated rings. The molecular weight excluding hydrogens is 399 g/mol. The lowest BCUT2D eigenvalue weighted by Gasteiger charge is -2.23. The number of carbonyl (C=O) groups is 1. The van der Waals surface area contributed by atoms with Crippen LogP contribution in [0.5, 0.6) is 0 Å². The van der Waals surface area contributed by atoms with Crippen LogP contribution in [0.2, 0.25) is 0 Å². The van der Waals surface area contributed by atoms with Gasteiger partial charge in [-0.1, -0.05) is 18.2 Å². The maximum absolute atomic E-state index is 14.4. The van der Waals surface area contributed by atoms with Crippen molar-refractivity contribution in [3.8, 4) is 0 Å². The van der Waals surface area contributed by atoms with Crippen LogP contribution in [0.25, 0.3) is 0 Å². The van der Waals surface area contributed by atoms with Gasteiger partial charge in [-0.05, 0) is 47.8 Å². The van der Waals surface area contributed by atoms with Crippen molar-refractivity contribution in [2.45, 2.75) is 11.4 Å². The SMILES string of the molecule is CN(C)S(=O)(=O)c1ccc(C(=O)N(Cc2cccs2)c2ccccc2F)cc1. The highest BCUT2D eigenvalue weighted by atomic mass is 32.2. The Hall–Kier alpha value is -2.55. The first-order valence-corrected chi connectivity index (χ1v) is 10.7. The minimum Gasteiger partial charge on any atom is -0.300 e. The number of hydrogen-bond donors (Lipinski definition) is 0. The summed E-state index contributed by atoms with van der Waals surface area (Å²) in [6, 6.07) is 15.5. The summed E-state index contributed by atoms with van der Waals surface area (Å²) in [6.07, 6.45) is 0. The van der Waals surface area contributed by atoms with Crippen molar-refractivity contribution in [2.75, 3.05) is 19.0 Å². The Labute approximate surface area is 167 Å². The van der Waals surface area contributed by atoms with E-state index in [9.17, 15) is 17.6 Å². The number of sulfonamides is 1. The third-order valence-corrected chi connectivity index (χ3v) is 6.85. The fraction of sp³-hybridized carbons (Fsp3) is 0.150. The average Bonchev–Trinajstić information content (AvgIpc) is 3.19. The molecule has 1 aromatic heterocycles. The molecular formula is C20H19FN2O3S2. The number of benzene rings is 2. The number of hydrogen-bond acceptors (Lipinski definition) is 4. The van der Waals surface area contributed by atoms with Crippen LogP contribution in [0.4, 0.5) is 10.1 Å². The molecule has 8 heteroatoms. The topological polar surface area (TPSA) is 57.7 Å². The zero-order valence-corrected chi connectivity index (χ0v) is 17.0. The number of carbonyl (C=O) groups excluding carboxylic acids is 1. The van der Waals surface area contributed by atoms with E-state index in [-0.39, 0.29) is 22.7 Å². The van der Waals surface area contributed by atoms with Crippen LogP contribution in [0.15, 0.2) is 70.9 Å². The van der Waals surface area contributed by atoms with Crippen molar-refractivity contribution < 1.29 is 17.6 Å². The zero-order chi connectivity index (χ0) is 20.3. The molecule has 28 heavy (non-hydrogen) atoms. The van der Waals surface area contributed by atoms with E-state index in [1.54, 1.807) is 18.2 Å². The summed E-state index contributed by atoms with van der Waals surface area (Å²) in [4.78, 5) is 15.5. The van der Waals surface area contributed by atoms with Gasteiger partial charge in [0.2, 0.25) is 10.0 Å². The molecule has 0 aliphatic carbocycles. The van der Waals surface area contributed by atoms with Crippen LogP contribution in [0.1, 0.15) is 15.2 Å². The molecule has 0 spiro atoms. The first kappa shape index (κ1) is 20.2. The van der Waals surface area contributed by atoms with Crippen LogP contribution >= 0.6 is 11.3 Å². The number of amides is 1. The summed E-state index contributed by atoms with van der Waals surface area (Å²) in [5.74, 6) is -0.911. The van der Waals surface area contributed by atoms with Gasteiger partial charge in [0, 0.05) is 24.5 Å². The van der Waals surface area contributed by atoms with Gasteiger partial charge in [0.1, 0.15) is 5.82 Å². The van der Waals surface area contributed by atoms with Crippen LogP contribution in [0.3, 0.4) is 0 Å². The summed E-state index contributed by atoms with van der Waals surface area (Å²) < 4.78 is 39.9. The van der Waals surface area contributed by atoms with Gasteiger partial charge in [-0.2, -0.15) is 0 Å². The van der Waals surface area contributed by atoms with Crippen LogP contribution in [-0.4, -0.2) is 32.7 Å². The van der Waals surface area contributed by atoms with E-state index in [1.807, 2.05) is 17.5 Å². The number of thiophene rings is 1. The highest BCUT2D eigenvalue weighted by molar-refractivity contribution is 7.89. The quantitative estimate of drug-likeness (QED) is 0.608. The molecule has 0 bridgehead atoms. The number of rotatable bonds is 6. The lowest BCUT2D eigenvalue weighted by atomic mass is 10.1. The summed E-state index contributed by atoms with van der Waals surface area (Å²) in [6.45, 7) is 0.217. The largest absolute Gasteiger partial charge is 0.300 e. The fourth-order valence-corrected chi connectivity index (χ4v) is 4.23. The van der Waals surface area contributed by atoms with Crippen molar-refractivity contribution in [3.05, 3.63) is 82.3 Å². The molecule has 0 atom stereocenters. The van der Waals surface area contributed by atoms with Crippen molar-refractivity contribution in [1.82, 2.24) is 4.31 Å². The molecule has 146 valence electrons. The highest BCUT2D eigenvalue weighted by Crippen LogP contribution is 2.25. The standard InChI is InChI=1S/C20H19FN2O3S2/c1-22(2)28(25,26)17-11-9-15(10-12-17)20(24)23(14-16-6-5-13-27-16)19-8-4-3-7-18(19)21/h3-13H,14H2,1-2H3. The molecule has 0 aliphatic heterocycles. The van der Waals surface area contributed by atoms with Crippen molar-refractivity contribution in [1.29, 1.82) is 0 Å². The second-order valence-corrected chi connectivity index (χ2v) is 9.42. The van der Waals surface area contributed by atoms with Gasteiger partial charge >= 0.3 is 0 Å².